The molecule has 0 saturated carbocycles. The lowest BCUT2D eigenvalue weighted by Gasteiger charge is -2.15. The molecule has 32 heavy (non-hydrogen) atoms. The van der Waals surface area contributed by atoms with Crippen LogP contribution in [0.4, 0.5) is 0 Å². The number of thioether (sulfide) groups is 1. The largest absolute Gasteiger partial charge is 0.309 e. The highest BCUT2D eigenvalue weighted by atomic mass is 32.2. The summed E-state index contributed by atoms with van der Waals surface area (Å²) >= 11 is 1.95. The van der Waals surface area contributed by atoms with E-state index in [1.165, 1.54) is 54.3 Å². The van der Waals surface area contributed by atoms with Crippen molar-refractivity contribution in [3.8, 4) is 5.69 Å². The summed E-state index contributed by atoms with van der Waals surface area (Å²) in [6.45, 7) is 2.28. The minimum atomic E-state index is 0.958. The van der Waals surface area contributed by atoms with E-state index < -0.39 is 0 Å². The lowest BCUT2D eigenvalue weighted by molar-refractivity contribution is 1.18. The van der Waals surface area contributed by atoms with Gasteiger partial charge in [0.05, 0.1) is 11.0 Å². The summed E-state index contributed by atoms with van der Waals surface area (Å²) < 4.78 is 2.44. The summed E-state index contributed by atoms with van der Waals surface area (Å²) in [5.41, 5.74) is 6.47. The Balaban J connectivity index is 1.73. The lowest BCUT2D eigenvalue weighted by atomic mass is 10.0. The van der Waals surface area contributed by atoms with Crippen molar-refractivity contribution in [2.24, 2.45) is 0 Å². The Labute approximate surface area is 192 Å². The maximum absolute atomic E-state index is 2.44. The Morgan fingerprint density at radius 3 is 1.97 bits per heavy atom. The van der Waals surface area contributed by atoms with E-state index in [2.05, 4.69) is 121 Å². The molecule has 0 saturated heterocycles. The molecule has 0 N–H and O–H groups in total. The highest BCUT2D eigenvalue weighted by Gasteiger charge is 2.20. The van der Waals surface area contributed by atoms with Gasteiger partial charge in [0.15, 0.2) is 0 Å². The standard InChI is InChI=1S/C30H23NS/c1-21-24-16-8-9-17-25(24)29-28(30(21)32-20-22-12-4-2-5-13-22)26-18-10-11-19-27(26)31(29)23-14-6-3-7-15-23/h2-19H,20H2,1H3. The van der Waals surface area contributed by atoms with Crippen molar-refractivity contribution in [2.45, 2.75) is 17.6 Å². The van der Waals surface area contributed by atoms with Gasteiger partial charge >= 0.3 is 0 Å². The topological polar surface area (TPSA) is 4.93 Å². The minimum Gasteiger partial charge on any atom is -0.309 e. The van der Waals surface area contributed by atoms with Gasteiger partial charge in [0.25, 0.3) is 0 Å². The van der Waals surface area contributed by atoms with Gasteiger partial charge in [0, 0.05) is 32.5 Å². The van der Waals surface area contributed by atoms with E-state index in [-0.39, 0.29) is 0 Å². The SMILES string of the molecule is Cc1c(SCc2ccccc2)c2c3ccccc3n(-c3ccccc3)c2c2ccccc12. The highest BCUT2D eigenvalue weighted by molar-refractivity contribution is 7.98. The van der Waals surface area contributed by atoms with E-state index in [0.29, 0.717) is 0 Å². The fraction of sp³-hybridized carbons (Fsp3) is 0.0667. The van der Waals surface area contributed by atoms with E-state index >= 15 is 0 Å². The molecule has 5 aromatic carbocycles. The smallest absolute Gasteiger partial charge is 0.0630 e. The van der Waals surface area contributed by atoms with Gasteiger partial charge in [-0.05, 0) is 41.6 Å². The summed E-state index contributed by atoms with van der Waals surface area (Å²) in [7, 11) is 0. The van der Waals surface area contributed by atoms with Gasteiger partial charge in [-0.3, -0.25) is 0 Å². The Morgan fingerprint density at radius 1 is 0.625 bits per heavy atom. The van der Waals surface area contributed by atoms with Crippen LogP contribution >= 0.6 is 11.8 Å². The summed E-state index contributed by atoms with van der Waals surface area (Å²) in [5, 5.41) is 5.32. The van der Waals surface area contributed by atoms with E-state index in [1.54, 1.807) is 0 Å². The number of aryl methyl sites for hydroxylation is 1. The van der Waals surface area contributed by atoms with Crippen LogP contribution in [0, 0.1) is 6.92 Å². The van der Waals surface area contributed by atoms with Crippen LogP contribution < -0.4 is 0 Å². The van der Waals surface area contributed by atoms with Crippen LogP contribution in [0.1, 0.15) is 11.1 Å². The van der Waals surface area contributed by atoms with Crippen LogP contribution in [-0.4, -0.2) is 4.57 Å². The zero-order valence-electron chi connectivity index (χ0n) is 18.0. The van der Waals surface area contributed by atoms with E-state index in [0.717, 1.165) is 5.75 Å². The molecule has 1 heterocycles. The van der Waals surface area contributed by atoms with Crippen molar-refractivity contribution in [1.82, 2.24) is 4.57 Å². The molecule has 0 unspecified atom stereocenters. The van der Waals surface area contributed by atoms with Crippen LogP contribution in [0.3, 0.4) is 0 Å². The number of fused-ring (bicyclic) bond motifs is 5. The van der Waals surface area contributed by atoms with Crippen LogP contribution in [-0.2, 0) is 5.75 Å². The Bertz CT molecular complexity index is 1560. The second-order valence-electron chi connectivity index (χ2n) is 8.19. The summed E-state index contributed by atoms with van der Waals surface area (Å²) in [6, 6.07) is 39.2. The number of benzene rings is 5. The molecule has 0 spiro atoms. The van der Waals surface area contributed by atoms with Gasteiger partial charge < -0.3 is 4.57 Å². The molecule has 0 bridgehead atoms. The first-order chi connectivity index (χ1) is 15.8. The zero-order valence-corrected chi connectivity index (χ0v) is 18.8. The normalized spacial score (nSPS) is 11.5. The number of hydrogen-bond acceptors (Lipinski definition) is 1. The lowest BCUT2D eigenvalue weighted by Crippen LogP contribution is -1.95. The maximum atomic E-state index is 2.44. The van der Waals surface area contributed by atoms with E-state index in [9.17, 15) is 0 Å². The molecule has 6 rings (SSSR count). The van der Waals surface area contributed by atoms with Gasteiger partial charge in [0.1, 0.15) is 0 Å². The number of hydrogen-bond donors (Lipinski definition) is 0. The van der Waals surface area contributed by atoms with Crippen molar-refractivity contribution in [3.05, 3.63) is 120 Å². The third kappa shape index (κ3) is 3.03. The number of aromatic nitrogens is 1. The van der Waals surface area contributed by atoms with Crippen molar-refractivity contribution < 1.29 is 0 Å². The number of nitrogens with zero attached hydrogens (tertiary/aromatic N) is 1. The summed E-state index contributed by atoms with van der Waals surface area (Å²) in [6.07, 6.45) is 0. The second kappa shape index (κ2) is 7.89. The van der Waals surface area contributed by atoms with Gasteiger partial charge in [-0.1, -0.05) is 91.0 Å². The molecule has 6 aromatic rings. The first kappa shape index (κ1) is 19.2. The van der Waals surface area contributed by atoms with Crippen molar-refractivity contribution >= 4 is 44.3 Å². The molecule has 154 valence electrons. The highest BCUT2D eigenvalue weighted by Crippen LogP contribution is 2.45. The molecule has 0 aliphatic carbocycles. The quantitative estimate of drug-likeness (QED) is 0.254. The predicted molar refractivity (Wildman–Crippen MR) is 139 cm³/mol. The molecule has 0 atom stereocenters. The summed E-state index contributed by atoms with van der Waals surface area (Å²) in [4.78, 5) is 1.38. The molecule has 1 nitrogen and oxygen atoms in total. The average Bonchev–Trinajstić information content (AvgIpc) is 3.20. The number of para-hydroxylation sites is 2. The molecule has 0 aliphatic rings. The van der Waals surface area contributed by atoms with Crippen molar-refractivity contribution in [3.63, 3.8) is 0 Å². The van der Waals surface area contributed by atoms with E-state index in [4.69, 9.17) is 0 Å². The molecule has 0 radical (unpaired) electrons. The first-order valence-corrected chi connectivity index (χ1v) is 12.0. The molecule has 0 aliphatic heterocycles. The molecular weight excluding hydrogens is 406 g/mol. The van der Waals surface area contributed by atoms with Crippen LogP contribution in [0.15, 0.2) is 114 Å². The van der Waals surface area contributed by atoms with Crippen molar-refractivity contribution in [1.29, 1.82) is 0 Å². The number of rotatable bonds is 4. The fourth-order valence-corrected chi connectivity index (χ4v) is 5.99. The molecule has 2 heteroatoms. The van der Waals surface area contributed by atoms with Crippen LogP contribution in [0.25, 0.3) is 38.3 Å². The predicted octanol–water partition coefficient (Wildman–Crippen LogP) is 8.54. The van der Waals surface area contributed by atoms with Gasteiger partial charge in [-0.15, -0.1) is 11.8 Å². The van der Waals surface area contributed by atoms with Gasteiger partial charge in [-0.2, -0.15) is 0 Å². The van der Waals surface area contributed by atoms with E-state index in [1.807, 2.05) is 11.8 Å². The maximum Gasteiger partial charge on any atom is 0.0630 e. The van der Waals surface area contributed by atoms with Crippen LogP contribution in [0.2, 0.25) is 0 Å². The van der Waals surface area contributed by atoms with Gasteiger partial charge in [-0.25, -0.2) is 0 Å². The van der Waals surface area contributed by atoms with Gasteiger partial charge in [0.2, 0.25) is 0 Å². The Hall–Kier alpha value is -3.49. The average molecular weight is 430 g/mol. The minimum absolute atomic E-state index is 0.958. The third-order valence-corrected chi connectivity index (χ3v) is 7.55. The second-order valence-corrected chi connectivity index (χ2v) is 9.17. The molecular formula is C30H23NS. The molecule has 0 amide bonds. The molecule has 0 fully saturated rings. The third-order valence-electron chi connectivity index (χ3n) is 6.27. The molecule has 1 aromatic heterocycles. The monoisotopic (exact) mass is 429 g/mol. The first-order valence-electron chi connectivity index (χ1n) is 11.0. The van der Waals surface area contributed by atoms with Crippen molar-refractivity contribution in [2.75, 3.05) is 0 Å². The zero-order chi connectivity index (χ0) is 21.5. The Morgan fingerprint density at radius 2 is 1.22 bits per heavy atom. The van der Waals surface area contributed by atoms with Crippen LogP contribution in [0.5, 0.6) is 0 Å². The Kier molecular flexibility index (Phi) is 4.74. The fourth-order valence-electron chi connectivity index (χ4n) is 4.81. The summed E-state index contributed by atoms with van der Waals surface area (Å²) in [5.74, 6) is 0.958.